The van der Waals surface area contributed by atoms with Crippen molar-refractivity contribution in [2.75, 3.05) is 6.54 Å². The molecule has 0 bridgehead atoms. The second kappa shape index (κ2) is 5.27. The fourth-order valence-corrected chi connectivity index (χ4v) is 1.93. The summed E-state index contributed by atoms with van der Waals surface area (Å²) in [5.74, 6) is 0.105. The summed E-state index contributed by atoms with van der Waals surface area (Å²) < 4.78 is 0. The monoisotopic (exact) mass is 241 g/mol. The topological polar surface area (TPSA) is 74.0 Å². The number of aromatic amines is 1. The maximum atomic E-state index is 11.3. The molecule has 0 aromatic carbocycles. The van der Waals surface area contributed by atoms with Crippen LogP contribution in [0.25, 0.3) is 0 Å². The van der Waals surface area contributed by atoms with Gasteiger partial charge in [0.15, 0.2) is 0 Å². The quantitative estimate of drug-likeness (QED) is 0.623. The second-order valence-corrected chi connectivity index (χ2v) is 4.78. The first-order valence-corrected chi connectivity index (χ1v) is 6.29. The predicted molar refractivity (Wildman–Crippen MR) is 62.4 cm³/mol. The third-order valence-electron chi connectivity index (χ3n) is 2.36. The van der Waals surface area contributed by atoms with E-state index >= 15 is 0 Å². The third-order valence-corrected chi connectivity index (χ3v) is 3.08. The highest BCUT2D eigenvalue weighted by Gasteiger charge is 2.22. The summed E-state index contributed by atoms with van der Waals surface area (Å²) in [4.78, 5) is 24.8. The molecule has 0 spiro atoms. The summed E-state index contributed by atoms with van der Waals surface area (Å²) in [5, 5.41) is 7.83. The minimum Gasteiger partial charge on any atom is -0.353 e. The lowest BCUT2D eigenvalue weighted by atomic mass is 10.3. The van der Waals surface area contributed by atoms with E-state index in [1.165, 1.54) is 0 Å². The van der Waals surface area contributed by atoms with E-state index < -0.39 is 0 Å². The number of hydrogen-bond donors (Lipinski definition) is 3. The van der Waals surface area contributed by atoms with Gasteiger partial charge in [0, 0.05) is 36.6 Å². The Morgan fingerprint density at radius 3 is 3.00 bits per heavy atom. The number of aromatic nitrogens is 1. The SMILES string of the molecule is O=C(CCNCc1csc(=O)[nH]1)NC1CC1. The summed E-state index contributed by atoms with van der Waals surface area (Å²) in [7, 11) is 0. The van der Waals surface area contributed by atoms with Crippen LogP contribution in [0.5, 0.6) is 0 Å². The molecule has 1 aromatic rings. The van der Waals surface area contributed by atoms with E-state index in [9.17, 15) is 9.59 Å². The Hall–Kier alpha value is -1.14. The van der Waals surface area contributed by atoms with Gasteiger partial charge >= 0.3 is 4.87 Å². The van der Waals surface area contributed by atoms with Gasteiger partial charge in [-0.2, -0.15) is 0 Å². The molecule has 1 saturated carbocycles. The predicted octanol–water partition coefficient (Wildman–Crippen LogP) is 0.195. The standard InChI is InChI=1S/C10H15N3O2S/c14-9(12-7-1-2-7)3-4-11-5-8-6-16-10(15)13-8/h6-7,11H,1-5H2,(H,12,14)(H,13,15). The van der Waals surface area contributed by atoms with Gasteiger partial charge in [0.05, 0.1) is 0 Å². The van der Waals surface area contributed by atoms with Crippen LogP contribution in [0.4, 0.5) is 0 Å². The fraction of sp³-hybridized carbons (Fsp3) is 0.600. The molecule has 16 heavy (non-hydrogen) atoms. The van der Waals surface area contributed by atoms with E-state index in [4.69, 9.17) is 0 Å². The molecule has 6 heteroatoms. The Balaban J connectivity index is 1.57. The molecule has 3 N–H and O–H groups in total. The molecule has 0 unspecified atom stereocenters. The van der Waals surface area contributed by atoms with Crippen LogP contribution < -0.4 is 15.5 Å². The number of hydrogen-bond acceptors (Lipinski definition) is 4. The Bertz CT molecular complexity index is 408. The van der Waals surface area contributed by atoms with Crippen LogP contribution in [0, 0.1) is 0 Å². The van der Waals surface area contributed by atoms with Gasteiger partial charge in [-0.15, -0.1) is 0 Å². The fourth-order valence-electron chi connectivity index (χ4n) is 1.35. The molecule has 1 aromatic heterocycles. The van der Waals surface area contributed by atoms with E-state index in [0.717, 1.165) is 29.9 Å². The molecule has 2 rings (SSSR count). The normalized spacial score (nSPS) is 15.0. The zero-order valence-electron chi connectivity index (χ0n) is 8.91. The minimum absolute atomic E-state index is 0.0386. The number of carbonyl (C=O) groups is 1. The van der Waals surface area contributed by atoms with Crippen molar-refractivity contribution in [3.63, 3.8) is 0 Å². The smallest absolute Gasteiger partial charge is 0.304 e. The van der Waals surface area contributed by atoms with Gasteiger partial charge < -0.3 is 15.6 Å². The average Bonchev–Trinajstić information content (AvgIpc) is 2.95. The molecular formula is C10H15N3O2S. The minimum atomic E-state index is -0.0386. The highest BCUT2D eigenvalue weighted by atomic mass is 32.1. The molecule has 1 heterocycles. The third kappa shape index (κ3) is 3.79. The van der Waals surface area contributed by atoms with Crippen molar-refractivity contribution in [2.24, 2.45) is 0 Å². The summed E-state index contributed by atoms with van der Waals surface area (Å²) in [6.45, 7) is 1.24. The summed E-state index contributed by atoms with van der Waals surface area (Å²) in [6.07, 6.45) is 2.73. The average molecular weight is 241 g/mol. The molecule has 1 fully saturated rings. The molecule has 0 radical (unpaired) electrons. The molecule has 5 nitrogen and oxygen atoms in total. The molecule has 0 saturated heterocycles. The van der Waals surface area contributed by atoms with Gasteiger partial charge in [0.1, 0.15) is 0 Å². The van der Waals surface area contributed by atoms with E-state index in [-0.39, 0.29) is 10.8 Å². The van der Waals surface area contributed by atoms with E-state index in [1.807, 2.05) is 0 Å². The van der Waals surface area contributed by atoms with E-state index in [2.05, 4.69) is 15.6 Å². The van der Waals surface area contributed by atoms with Gasteiger partial charge in [-0.3, -0.25) is 9.59 Å². The summed E-state index contributed by atoms with van der Waals surface area (Å²) in [5.41, 5.74) is 0.873. The number of thiazole rings is 1. The summed E-state index contributed by atoms with van der Waals surface area (Å²) >= 11 is 1.16. The van der Waals surface area contributed by atoms with E-state index in [1.54, 1.807) is 5.38 Å². The lowest BCUT2D eigenvalue weighted by Gasteiger charge is -2.04. The van der Waals surface area contributed by atoms with Crippen molar-refractivity contribution in [1.82, 2.24) is 15.6 Å². The first kappa shape index (κ1) is 11.3. The second-order valence-electron chi connectivity index (χ2n) is 3.94. The van der Waals surface area contributed by atoms with Crippen LogP contribution >= 0.6 is 11.3 Å². The number of rotatable bonds is 6. The van der Waals surface area contributed by atoms with Gasteiger partial charge in [-0.05, 0) is 12.8 Å². The molecule has 88 valence electrons. The number of carbonyl (C=O) groups excluding carboxylic acids is 1. The molecule has 0 atom stereocenters. The number of H-pyrrole nitrogens is 1. The van der Waals surface area contributed by atoms with E-state index in [0.29, 0.717) is 25.6 Å². The van der Waals surface area contributed by atoms with Crippen molar-refractivity contribution in [3.8, 4) is 0 Å². The van der Waals surface area contributed by atoms with Crippen molar-refractivity contribution in [3.05, 3.63) is 20.7 Å². The maximum Gasteiger partial charge on any atom is 0.304 e. The Kier molecular flexibility index (Phi) is 3.74. The van der Waals surface area contributed by atoms with Gasteiger partial charge in [0.2, 0.25) is 5.91 Å². The maximum absolute atomic E-state index is 11.3. The zero-order chi connectivity index (χ0) is 11.4. The number of nitrogens with one attached hydrogen (secondary N) is 3. The van der Waals surface area contributed by atoms with Crippen LogP contribution in [0.1, 0.15) is 25.0 Å². The van der Waals surface area contributed by atoms with Crippen LogP contribution in [-0.4, -0.2) is 23.5 Å². The lowest BCUT2D eigenvalue weighted by molar-refractivity contribution is -0.121. The molecule has 1 amide bonds. The van der Waals surface area contributed by atoms with Gasteiger partial charge in [0.25, 0.3) is 0 Å². The molecule has 0 aliphatic heterocycles. The molecular weight excluding hydrogens is 226 g/mol. The summed E-state index contributed by atoms with van der Waals surface area (Å²) in [6, 6.07) is 0.431. The highest BCUT2D eigenvalue weighted by molar-refractivity contribution is 7.07. The Morgan fingerprint density at radius 2 is 2.38 bits per heavy atom. The Morgan fingerprint density at radius 1 is 1.56 bits per heavy atom. The first-order valence-electron chi connectivity index (χ1n) is 5.41. The van der Waals surface area contributed by atoms with Crippen molar-refractivity contribution < 1.29 is 4.79 Å². The lowest BCUT2D eigenvalue weighted by Crippen LogP contribution is -2.29. The van der Waals surface area contributed by atoms with Crippen molar-refractivity contribution in [1.29, 1.82) is 0 Å². The largest absolute Gasteiger partial charge is 0.353 e. The van der Waals surface area contributed by atoms with Crippen LogP contribution in [0.15, 0.2) is 10.2 Å². The highest BCUT2D eigenvalue weighted by Crippen LogP contribution is 2.18. The molecule has 1 aliphatic rings. The van der Waals surface area contributed by atoms with Crippen LogP contribution in [-0.2, 0) is 11.3 Å². The van der Waals surface area contributed by atoms with Crippen LogP contribution in [0.2, 0.25) is 0 Å². The van der Waals surface area contributed by atoms with Gasteiger partial charge in [-0.25, -0.2) is 0 Å². The van der Waals surface area contributed by atoms with Crippen molar-refractivity contribution >= 4 is 17.2 Å². The first-order chi connectivity index (χ1) is 7.74. The van der Waals surface area contributed by atoms with Gasteiger partial charge in [-0.1, -0.05) is 11.3 Å². The van der Waals surface area contributed by atoms with Crippen molar-refractivity contribution in [2.45, 2.75) is 31.8 Å². The number of amides is 1. The zero-order valence-corrected chi connectivity index (χ0v) is 9.73. The molecule has 1 aliphatic carbocycles. The Labute approximate surface area is 97.3 Å². The van der Waals surface area contributed by atoms with Crippen LogP contribution in [0.3, 0.4) is 0 Å².